The van der Waals surface area contributed by atoms with E-state index in [2.05, 4.69) is 0 Å². The summed E-state index contributed by atoms with van der Waals surface area (Å²) in [5.41, 5.74) is 0. The van der Waals surface area contributed by atoms with Crippen molar-refractivity contribution in [2.24, 2.45) is 17.8 Å². The third-order valence-electron chi connectivity index (χ3n) is 4.63. The molecule has 2 rings (SSSR count). The van der Waals surface area contributed by atoms with Crippen molar-refractivity contribution in [3.05, 3.63) is 0 Å². The van der Waals surface area contributed by atoms with Gasteiger partial charge < -0.3 is 4.74 Å². The van der Waals surface area contributed by atoms with Crippen LogP contribution in [0.1, 0.15) is 45.4 Å². The van der Waals surface area contributed by atoms with Gasteiger partial charge in [-0.25, -0.2) is 8.78 Å². The minimum absolute atomic E-state index is 0.171. The lowest BCUT2D eigenvalue weighted by Crippen LogP contribution is -2.38. The van der Waals surface area contributed by atoms with Crippen molar-refractivity contribution in [2.75, 3.05) is 6.61 Å². The van der Waals surface area contributed by atoms with E-state index in [1.165, 1.54) is 6.42 Å². The van der Waals surface area contributed by atoms with Crippen molar-refractivity contribution in [2.45, 2.75) is 57.3 Å². The number of ether oxygens (including phenoxy) is 1. The minimum atomic E-state index is -4.14. The first kappa shape index (κ1) is 15.6. The maximum absolute atomic E-state index is 13.0. The molecule has 2 saturated carbocycles. The molecule has 20 heavy (non-hydrogen) atoms. The highest BCUT2D eigenvalue weighted by molar-refractivity contribution is 5.69. The largest absolute Gasteiger partial charge is 0.465 e. The molecule has 0 spiro atoms. The van der Waals surface area contributed by atoms with Gasteiger partial charge in [-0.05, 0) is 37.0 Å². The number of alkyl halides is 4. The third-order valence-corrected chi connectivity index (χ3v) is 4.63. The quantitative estimate of drug-likeness (QED) is 0.546. The number of hydrogen-bond acceptors (Lipinski definition) is 2. The minimum Gasteiger partial charge on any atom is -0.465 e. The Morgan fingerprint density at radius 2 is 1.90 bits per heavy atom. The molecule has 0 aromatic rings. The number of carbonyl (C=O) groups is 1. The Bertz CT molecular complexity index is 365. The van der Waals surface area contributed by atoms with E-state index in [1.807, 2.05) is 0 Å². The lowest BCUT2D eigenvalue weighted by Gasteiger charge is -2.23. The zero-order valence-electron chi connectivity index (χ0n) is 11.5. The molecule has 116 valence electrons. The maximum Gasteiger partial charge on any atom is 0.313 e. The molecule has 2 bridgehead atoms. The van der Waals surface area contributed by atoms with E-state index < -0.39 is 30.8 Å². The van der Waals surface area contributed by atoms with Crippen molar-refractivity contribution in [3.63, 3.8) is 0 Å². The fourth-order valence-corrected chi connectivity index (χ4v) is 3.41. The molecule has 2 fully saturated rings. The van der Waals surface area contributed by atoms with Gasteiger partial charge in [0.15, 0.2) is 0 Å². The SMILES string of the molecule is CC(F)(F)C(F)(F)CCOC(=O)CC1CC2CCC1C2. The number of rotatable bonds is 6. The molecule has 0 radical (unpaired) electrons. The Labute approximate surface area is 115 Å². The number of halogens is 4. The number of esters is 1. The molecule has 3 atom stereocenters. The van der Waals surface area contributed by atoms with Crippen molar-refractivity contribution >= 4 is 5.97 Å². The summed E-state index contributed by atoms with van der Waals surface area (Å²) in [6, 6.07) is 0. The topological polar surface area (TPSA) is 26.3 Å². The van der Waals surface area contributed by atoms with Gasteiger partial charge in [-0.2, -0.15) is 8.78 Å². The summed E-state index contributed by atoms with van der Waals surface area (Å²) < 4.78 is 55.8. The Balaban J connectivity index is 1.68. The van der Waals surface area contributed by atoms with Crippen LogP contribution < -0.4 is 0 Å². The maximum atomic E-state index is 13.0. The van der Waals surface area contributed by atoms with Crippen LogP contribution in [0.2, 0.25) is 0 Å². The average Bonchev–Trinajstić information content (AvgIpc) is 2.88. The second-order valence-corrected chi connectivity index (χ2v) is 6.20. The lowest BCUT2D eigenvalue weighted by atomic mass is 9.86. The van der Waals surface area contributed by atoms with Crippen LogP contribution in [0, 0.1) is 17.8 Å². The smallest absolute Gasteiger partial charge is 0.313 e. The molecule has 0 heterocycles. The Hall–Kier alpha value is -0.810. The summed E-state index contributed by atoms with van der Waals surface area (Å²) in [6.07, 6.45) is 3.59. The molecule has 0 aromatic heterocycles. The fourth-order valence-electron chi connectivity index (χ4n) is 3.41. The van der Waals surface area contributed by atoms with Crippen molar-refractivity contribution in [1.29, 1.82) is 0 Å². The van der Waals surface area contributed by atoms with Crippen molar-refractivity contribution < 1.29 is 27.1 Å². The van der Waals surface area contributed by atoms with E-state index in [-0.39, 0.29) is 19.3 Å². The van der Waals surface area contributed by atoms with E-state index in [0.717, 1.165) is 19.3 Å². The summed E-state index contributed by atoms with van der Waals surface area (Å²) in [7, 11) is 0. The summed E-state index contributed by atoms with van der Waals surface area (Å²) >= 11 is 0. The first-order valence-electron chi connectivity index (χ1n) is 7.10. The average molecular weight is 296 g/mol. The highest BCUT2D eigenvalue weighted by atomic mass is 19.3. The van der Waals surface area contributed by atoms with Gasteiger partial charge in [0.25, 0.3) is 0 Å². The van der Waals surface area contributed by atoms with Crippen molar-refractivity contribution in [1.82, 2.24) is 0 Å². The van der Waals surface area contributed by atoms with Gasteiger partial charge in [0, 0.05) is 13.3 Å². The monoisotopic (exact) mass is 296 g/mol. The van der Waals surface area contributed by atoms with Gasteiger partial charge in [-0.1, -0.05) is 6.42 Å². The molecule has 0 amide bonds. The van der Waals surface area contributed by atoms with Crippen molar-refractivity contribution in [3.8, 4) is 0 Å². The normalized spacial score (nSPS) is 29.8. The molecule has 0 saturated heterocycles. The summed E-state index contributed by atoms with van der Waals surface area (Å²) in [5.74, 6) is -7.24. The van der Waals surface area contributed by atoms with E-state index in [9.17, 15) is 22.4 Å². The van der Waals surface area contributed by atoms with Crippen LogP contribution in [-0.2, 0) is 9.53 Å². The molecule has 0 aromatic carbocycles. The first-order valence-corrected chi connectivity index (χ1v) is 7.10. The molecule has 2 aliphatic carbocycles. The molecular weight excluding hydrogens is 276 g/mol. The van der Waals surface area contributed by atoms with Crippen LogP contribution in [0.4, 0.5) is 17.6 Å². The molecule has 3 unspecified atom stereocenters. The van der Waals surface area contributed by atoms with Crippen LogP contribution in [0.25, 0.3) is 0 Å². The summed E-state index contributed by atoms with van der Waals surface area (Å²) in [4.78, 5) is 11.6. The zero-order valence-corrected chi connectivity index (χ0v) is 11.5. The van der Waals surface area contributed by atoms with E-state index >= 15 is 0 Å². The van der Waals surface area contributed by atoms with Gasteiger partial charge >= 0.3 is 17.8 Å². The van der Waals surface area contributed by atoms with Crippen LogP contribution in [0.3, 0.4) is 0 Å². The molecule has 6 heteroatoms. The van der Waals surface area contributed by atoms with Gasteiger partial charge in [-0.3, -0.25) is 4.79 Å². The second-order valence-electron chi connectivity index (χ2n) is 6.20. The molecule has 2 nitrogen and oxygen atoms in total. The van der Waals surface area contributed by atoms with E-state index in [1.54, 1.807) is 0 Å². The number of hydrogen-bond donors (Lipinski definition) is 0. The van der Waals surface area contributed by atoms with Gasteiger partial charge in [0.1, 0.15) is 0 Å². The van der Waals surface area contributed by atoms with Crippen LogP contribution in [0.5, 0.6) is 0 Å². The fraction of sp³-hybridized carbons (Fsp3) is 0.929. The Kier molecular flexibility index (Phi) is 4.30. The standard InChI is InChI=1S/C14H20F4O2/c1-13(15,16)14(17,18)4-5-20-12(19)8-11-7-9-2-3-10(11)6-9/h9-11H,2-8H2,1H3. The Morgan fingerprint density at radius 3 is 2.40 bits per heavy atom. The van der Waals surface area contributed by atoms with Gasteiger partial charge in [0.05, 0.1) is 13.0 Å². The predicted octanol–water partition coefficient (Wildman–Crippen LogP) is 4.04. The Morgan fingerprint density at radius 1 is 1.20 bits per heavy atom. The van der Waals surface area contributed by atoms with Crippen LogP contribution >= 0.6 is 0 Å². The molecule has 0 N–H and O–H groups in total. The number of carbonyl (C=O) groups excluding carboxylic acids is 1. The summed E-state index contributed by atoms with van der Waals surface area (Å²) in [6.45, 7) is -0.486. The van der Waals surface area contributed by atoms with Crippen LogP contribution in [-0.4, -0.2) is 24.4 Å². The van der Waals surface area contributed by atoms with Gasteiger partial charge in [-0.15, -0.1) is 0 Å². The third kappa shape index (κ3) is 3.44. The zero-order chi connectivity index (χ0) is 15.0. The first-order chi connectivity index (χ1) is 9.19. The molecule has 0 aliphatic heterocycles. The van der Waals surface area contributed by atoms with Crippen LogP contribution in [0.15, 0.2) is 0 Å². The second kappa shape index (κ2) is 5.53. The number of fused-ring (bicyclic) bond motifs is 2. The summed E-state index contributed by atoms with van der Waals surface area (Å²) in [5, 5.41) is 0. The van der Waals surface area contributed by atoms with E-state index in [4.69, 9.17) is 4.74 Å². The molecular formula is C14H20F4O2. The highest BCUT2D eigenvalue weighted by Crippen LogP contribution is 2.49. The van der Waals surface area contributed by atoms with Gasteiger partial charge in [0.2, 0.25) is 0 Å². The highest BCUT2D eigenvalue weighted by Gasteiger charge is 2.51. The predicted molar refractivity (Wildman–Crippen MR) is 64.7 cm³/mol. The van der Waals surface area contributed by atoms with E-state index in [0.29, 0.717) is 11.8 Å². The molecule has 2 aliphatic rings. The lowest BCUT2D eigenvalue weighted by molar-refractivity contribution is -0.206.